The summed E-state index contributed by atoms with van der Waals surface area (Å²) in [6.07, 6.45) is 0. The standard InChI is InChI=1S/C19H16Cl2N4O3/c1-11(23(2)3)17-18(13-9-16(25(27)28)15(21)10-14(13)20)22-24(19(17)26)12-7-5-4-6-8-12/h4-10H,1-3H3/b17-11-. The van der Waals surface area contributed by atoms with Crippen LogP contribution in [0.2, 0.25) is 10.0 Å². The highest BCUT2D eigenvalue weighted by Gasteiger charge is 2.36. The molecule has 1 heterocycles. The van der Waals surface area contributed by atoms with Crippen LogP contribution < -0.4 is 5.01 Å². The molecule has 0 aliphatic carbocycles. The van der Waals surface area contributed by atoms with Crippen molar-refractivity contribution in [2.45, 2.75) is 6.92 Å². The second-order valence-electron chi connectivity index (χ2n) is 6.30. The maximum Gasteiger partial charge on any atom is 0.288 e. The van der Waals surface area contributed by atoms with Crippen LogP contribution in [0, 0.1) is 10.1 Å². The van der Waals surface area contributed by atoms with Gasteiger partial charge in [-0.1, -0.05) is 41.4 Å². The predicted octanol–water partition coefficient (Wildman–Crippen LogP) is 4.49. The van der Waals surface area contributed by atoms with E-state index in [-0.39, 0.29) is 32.9 Å². The van der Waals surface area contributed by atoms with Crippen molar-refractivity contribution in [2.24, 2.45) is 5.10 Å². The Morgan fingerprint density at radius 1 is 1.14 bits per heavy atom. The van der Waals surface area contributed by atoms with Crippen molar-refractivity contribution in [3.05, 3.63) is 79.5 Å². The molecule has 0 N–H and O–H groups in total. The molecule has 28 heavy (non-hydrogen) atoms. The zero-order valence-corrected chi connectivity index (χ0v) is 16.8. The second-order valence-corrected chi connectivity index (χ2v) is 7.11. The van der Waals surface area contributed by atoms with Gasteiger partial charge in [-0.05, 0) is 25.1 Å². The highest BCUT2D eigenvalue weighted by atomic mass is 35.5. The Morgan fingerprint density at radius 2 is 1.79 bits per heavy atom. The van der Waals surface area contributed by atoms with Crippen molar-refractivity contribution >= 4 is 46.2 Å². The lowest BCUT2D eigenvalue weighted by atomic mass is 10.00. The van der Waals surface area contributed by atoms with E-state index < -0.39 is 4.92 Å². The fraction of sp³-hybridized carbons (Fsp3) is 0.158. The van der Waals surface area contributed by atoms with Gasteiger partial charge in [0.1, 0.15) is 10.7 Å². The van der Waals surface area contributed by atoms with E-state index in [0.717, 1.165) is 0 Å². The topological polar surface area (TPSA) is 79.0 Å². The highest BCUT2D eigenvalue weighted by molar-refractivity contribution is 6.43. The molecule has 1 amide bonds. The molecular formula is C19H16Cl2N4O3. The first kappa shape index (κ1) is 19.9. The third kappa shape index (κ3) is 3.46. The lowest BCUT2D eigenvalue weighted by molar-refractivity contribution is -0.384. The molecule has 0 aromatic heterocycles. The van der Waals surface area contributed by atoms with E-state index in [4.69, 9.17) is 23.2 Å². The first-order valence-corrected chi connectivity index (χ1v) is 8.98. The maximum atomic E-state index is 13.2. The van der Waals surface area contributed by atoms with Crippen molar-refractivity contribution in [3.8, 4) is 0 Å². The number of benzene rings is 2. The van der Waals surface area contributed by atoms with E-state index in [1.807, 2.05) is 6.07 Å². The first-order valence-electron chi connectivity index (χ1n) is 8.23. The van der Waals surface area contributed by atoms with Crippen LogP contribution in [-0.2, 0) is 4.79 Å². The Balaban J connectivity index is 2.26. The summed E-state index contributed by atoms with van der Waals surface area (Å²) in [5.41, 5.74) is 1.75. The average molecular weight is 419 g/mol. The third-order valence-corrected chi connectivity index (χ3v) is 4.98. The SMILES string of the molecule is C/C(=C1/C(=O)N(c2ccccc2)N=C1c1cc([N+](=O)[O-])c(Cl)cc1Cl)N(C)C. The molecule has 1 aliphatic rings. The molecule has 3 rings (SSSR count). The molecule has 2 aromatic rings. The molecule has 0 fully saturated rings. The monoisotopic (exact) mass is 418 g/mol. The van der Waals surface area contributed by atoms with Gasteiger partial charge in [0.15, 0.2) is 0 Å². The molecule has 0 atom stereocenters. The molecule has 0 unspecified atom stereocenters. The number of nitrogens with zero attached hydrogens (tertiary/aromatic N) is 4. The van der Waals surface area contributed by atoms with E-state index in [2.05, 4.69) is 5.10 Å². The van der Waals surface area contributed by atoms with Crippen LogP contribution in [0.4, 0.5) is 11.4 Å². The number of hydrogen-bond acceptors (Lipinski definition) is 5. The number of carbonyl (C=O) groups excluding carboxylic acids is 1. The number of nitro benzene ring substituents is 1. The minimum absolute atomic E-state index is 0.0848. The number of halogens is 2. The molecule has 1 aliphatic heterocycles. The lowest BCUT2D eigenvalue weighted by Gasteiger charge is -2.17. The number of allylic oxidation sites excluding steroid dienone is 1. The Hall–Kier alpha value is -2.90. The fourth-order valence-corrected chi connectivity index (χ4v) is 3.29. The van der Waals surface area contributed by atoms with Crippen molar-refractivity contribution in [3.63, 3.8) is 0 Å². The number of amides is 1. The molecular weight excluding hydrogens is 403 g/mol. The molecule has 0 saturated carbocycles. The maximum absolute atomic E-state index is 13.2. The van der Waals surface area contributed by atoms with Crippen LogP contribution in [0.3, 0.4) is 0 Å². The third-order valence-electron chi connectivity index (χ3n) is 4.36. The van der Waals surface area contributed by atoms with Gasteiger partial charge in [-0.2, -0.15) is 10.1 Å². The number of carbonyl (C=O) groups is 1. The van der Waals surface area contributed by atoms with E-state index >= 15 is 0 Å². The van der Waals surface area contributed by atoms with Crippen molar-refractivity contribution in [1.82, 2.24) is 4.90 Å². The summed E-state index contributed by atoms with van der Waals surface area (Å²) in [5.74, 6) is -0.346. The Labute approximate surface area is 171 Å². The lowest BCUT2D eigenvalue weighted by Crippen LogP contribution is -2.25. The summed E-state index contributed by atoms with van der Waals surface area (Å²) in [4.78, 5) is 25.6. The van der Waals surface area contributed by atoms with E-state index in [1.54, 1.807) is 50.2 Å². The van der Waals surface area contributed by atoms with Gasteiger partial charge in [0.25, 0.3) is 11.6 Å². The molecule has 9 heteroatoms. The molecule has 0 bridgehead atoms. The van der Waals surface area contributed by atoms with Crippen LogP contribution >= 0.6 is 23.2 Å². The molecule has 144 valence electrons. The quantitative estimate of drug-likeness (QED) is 0.416. The number of hydrazone groups is 1. The molecule has 0 saturated heterocycles. The Bertz CT molecular complexity index is 1030. The number of anilines is 1. The average Bonchev–Trinajstić information content (AvgIpc) is 2.98. The molecule has 0 spiro atoms. The van der Waals surface area contributed by atoms with Gasteiger partial charge < -0.3 is 4.90 Å². The minimum atomic E-state index is -0.601. The van der Waals surface area contributed by atoms with Crippen molar-refractivity contribution in [1.29, 1.82) is 0 Å². The number of hydrogen-bond donors (Lipinski definition) is 0. The van der Waals surface area contributed by atoms with E-state index in [0.29, 0.717) is 17.0 Å². The summed E-state index contributed by atoms with van der Waals surface area (Å²) in [5, 5.41) is 17.1. The van der Waals surface area contributed by atoms with Crippen LogP contribution in [-0.4, -0.2) is 35.5 Å². The zero-order valence-electron chi connectivity index (χ0n) is 15.3. The molecule has 0 radical (unpaired) electrons. The van der Waals surface area contributed by atoms with Crippen molar-refractivity contribution in [2.75, 3.05) is 19.1 Å². The first-order chi connectivity index (χ1) is 13.2. The number of nitro groups is 1. The highest BCUT2D eigenvalue weighted by Crippen LogP contribution is 2.36. The van der Waals surface area contributed by atoms with Gasteiger partial charge in [-0.25, -0.2) is 0 Å². The Kier molecular flexibility index (Phi) is 5.40. The smallest absolute Gasteiger partial charge is 0.288 e. The van der Waals surface area contributed by atoms with Crippen LogP contribution in [0.15, 0.2) is 58.8 Å². The number of para-hydroxylation sites is 1. The number of rotatable bonds is 4. The summed E-state index contributed by atoms with van der Waals surface area (Å²) in [7, 11) is 3.59. The van der Waals surface area contributed by atoms with Gasteiger partial charge in [0.2, 0.25) is 0 Å². The van der Waals surface area contributed by atoms with Gasteiger partial charge >= 0.3 is 0 Å². The Morgan fingerprint density at radius 3 is 2.36 bits per heavy atom. The van der Waals surface area contributed by atoms with Crippen LogP contribution in [0.25, 0.3) is 0 Å². The van der Waals surface area contributed by atoms with Gasteiger partial charge in [0.05, 0.1) is 21.2 Å². The van der Waals surface area contributed by atoms with E-state index in [1.165, 1.54) is 17.1 Å². The predicted molar refractivity (Wildman–Crippen MR) is 110 cm³/mol. The zero-order chi connectivity index (χ0) is 20.6. The fourth-order valence-electron chi connectivity index (χ4n) is 2.74. The molecule has 2 aromatic carbocycles. The minimum Gasteiger partial charge on any atom is -0.380 e. The van der Waals surface area contributed by atoms with Crippen LogP contribution in [0.5, 0.6) is 0 Å². The summed E-state index contributed by atoms with van der Waals surface area (Å²) >= 11 is 12.3. The summed E-state index contributed by atoms with van der Waals surface area (Å²) < 4.78 is 0. The largest absolute Gasteiger partial charge is 0.380 e. The van der Waals surface area contributed by atoms with Crippen molar-refractivity contribution < 1.29 is 9.72 Å². The summed E-state index contributed by atoms with van der Waals surface area (Å²) in [6.45, 7) is 1.77. The van der Waals surface area contributed by atoms with E-state index in [9.17, 15) is 14.9 Å². The van der Waals surface area contributed by atoms with Gasteiger partial charge in [-0.15, -0.1) is 0 Å². The molecule has 7 nitrogen and oxygen atoms in total. The van der Waals surface area contributed by atoms with Crippen LogP contribution in [0.1, 0.15) is 12.5 Å². The van der Waals surface area contributed by atoms with Gasteiger partial charge in [-0.3, -0.25) is 14.9 Å². The second kappa shape index (κ2) is 7.61. The normalized spacial score (nSPS) is 15.5. The van der Waals surface area contributed by atoms with Gasteiger partial charge in [0, 0.05) is 31.4 Å². The summed E-state index contributed by atoms with van der Waals surface area (Å²) in [6, 6.07) is 11.4.